The van der Waals surface area contributed by atoms with Crippen LogP contribution in [0.5, 0.6) is 0 Å². The van der Waals surface area contributed by atoms with E-state index in [1.807, 2.05) is 0 Å². The van der Waals surface area contributed by atoms with Crippen LogP contribution in [-0.2, 0) is 0 Å². The summed E-state index contributed by atoms with van der Waals surface area (Å²) in [6, 6.07) is 0.737. The largest absolute Gasteiger partial charge is 0.392 e. The van der Waals surface area contributed by atoms with Crippen LogP contribution in [0.1, 0.15) is 51.4 Å². The summed E-state index contributed by atoms with van der Waals surface area (Å²) in [7, 11) is 2.20. The Labute approximate surface area is 93.7 Å². The number of aliphatic hydroxyl groups excluding tert-OH is 1. The molecular formula is C13H25NO. The van der Waals surface area contributed by atoms with Gasteiger partial charge in [-0.05, 0) is 38.6 Å². The highest BCUT2D eigenvalue weighted by Gasteiger charge is 2.31. The molecule has 0 heterocycles. The Bertz CT molecular complexity index is 183. The third-order valence-electron chi connectivity index (χ3n) is 4.09. The molecule has 15 heavy (non-hydrogen) atoms. The van der Waals surface area contributed by atoms with Gasteiger partial charge in [-0.25, -0.2) is 0 Å². The van der Waals surface area contributed by atoms with E-state index in [1.54, 1.807) is 0 Å². The average Bonchev–Trinajstić information content (AvgIpc) is 3.05. The molecule has 1 unspecified atom stereocenters. The molecule has 2 aliphatic rings. The fraction of sp³-hybridized carbons (Fsp3) is 1.00. The lowest BCUT2D eigenvalue weighted by molar-refractivity contribution is 0.0836. The molecule has 88 valence electrons. The summed E-state index contributed by atoms with van der Waals surface area (Å²) in [6.45, 7) is 0.898. The zero-order valence-corrected chi connectivity index (χ0v) is 9.99. The smallest absolute Gasteiger partial charge is 0.0695 e. The lowest BCUT2D eigenvalue weighted by Crippen LogP contribution is -2.38. The van der Waals surface area contributed by atoms with Gasteiger partial charge in [0.1, 0.15) is 0 Å². The molecule has 1 atom stereocenters. The van der Waals surface area contributed by atoms with E-state index in [9.17, 15) is 5.11 Å². The zero-order valence-electron chi connectivity index (χ0n) is 9.99. The number of hydrogen-bond donors (Lipinski definition) is 1. The van der Waals surface area contributed by atoms with Crippen LogP contribution in [0.2, 0.25) is 0 Å². The maximum atomic E-state index is 9.92. The molecule has 2 saturated carbocycles. The fourth-order valence-corrected chi connectivity index (χ4v) is 2.77. The van der Waals surface area contributed by atoms with Gasteiger partial charge < -0.3 is 10.0 Å². The lowest BCUT2D eigenvalue weighted by Gasteiger charge is -2.29. The van der Waals surface area contributed by atoms with Gasteiger partial charge in [0.15, 0.2) is 0 Å². The third-order valence-corrected chi connectivity index (χ3v) is 4.09. The number of aliphatic hydroxyl groups is 1. The van der Waals surface area contributed by atoms with Crippen molar-refractivity contribution in [3.8, 4) is 0 Å². The van der Waals surface area contributed by atoms with Gasteiger partial charge in [0, 0.05) is 12.6 Å². The molecule has 0 spiro atoms. The molecule has 0 bridgehead atoms. The molecule has 0 aromatic heterocycles. The molecular weight excluding hydrogens is 186 g/mol. The van der Waals surface area contributed by atoms with Crippen LogP contribution in [0, 0.1) is 5.92 Å². The summed E-state index contributed by atoms with van der Waals surface area (Å²) in [5, 5.41) is 9.92. The van der Waals surface area contributed by atoms with E-state index in [0.29, 0.717) is 5.92 Å². The van der Waals surface area contributed by atoms with E-state index in [1.165, 1.54) is 51.4 Å². The van der Waals surface area contributed by atoms with Crippen molar-refractivity contribution in [3.05, 3.63) is 0 Å². The monoisotopic (exact) mass is 211 g/mol. The van der Waals surface area contributed by atoms with Crippen molar-refractivity contribution < 1.29 is 5.11 Å². The van der Waals surface area contributed by atoms with Crippen molar-refractivity contribution in [3.63, 3.8) is 0 Å². The minimum absolute atomic E-state index is 0.0572. The Morgan fingerprint density at radius 2 is 1.67 bits per heavy atom. The molecule has 0 radical (unpaired) electrons. The highest BCUT2D eigenvalue weighted by Crippen LogP contribution is 2.33. The highest BCUT2D eigenvalue weighted by molar-refractivity contribution is 4.84. The topological polar surface area (TPSA) is 23.5 Å². The Kier molecular flexibility index (Phi) is 4.04. The Morgan fingerprint density at radius 1 is 1.07 bits per heavy atom. The van der Waals surface area contributed by atoms with Crippen LogP contribution in [-0.4, -0.2) is 35.7 Å². The maximum Gasteiger partial charge on any atom is 0.0695 e. The Morgan fingerprint density at radius 3 is 2.20 bits per heavy atom. The molecule has 0 aromatic carbocycles. The molecule has 0 aliphatic heterocycles. The first-order chi connectivity index (χ1) is 7.27. The van der Waals surface area contributed by atoms with E-state index >= 15 is 0 Å². The fourth-order valence-electron chi connectivity index (χ4n) is 2.77. The third kappa shape index (κ3) is 3.46. The molecule has 2 fully saturated rings. The second-order valence-electron chi connectivity index (χ2n) is 5.49. The second kappa shape index (κ2) is 5.31. The van der Waals surface area contributed by atoms with Gasteiger partial charge in [0.2, 0.25) is 0 Å². The standard InChI is InChI=1S/C13H25NO/c1-14(10-13(15)11-8-9-11)12-6-4-2-3-5-7-12/h11-13,15H,2-10H2,1H3. The van der Waals surface area contributed by atoms with Crippen LogP contribution < -0.4 is 0 Å². The van der Waals surface area contributed by atoms with Gasteiger partial charge >= 0.3 is 0 Å². The predicted octanol–water partition coefficient (Wildman–Crippen LogP) is 2.41. The van der Waals surface area contributed by atoms with Crippen LogP contribution in [0.3, 0.4) is 0 Å². The molecule has 2 heteroatoms. The van der Waals surface area contributed by atoms with Crippen molar-refractivity contribution in [2.24, 2.45) is 5.92 Å². The highest BCUT2D eigenvalue weighted by atomic mass is 16.3. The van der Waals surface area contributed by atoms with Gasteiger partial charge in [-0.2, -0.15) is 0 Å². The van der Waals surface area contributed by atoms with Crippen molar-refractivity contribution in [2.75, 3.05) is 13.6 Å². The van der Waals surface area contributed by atoms with Gasteiger partial charge in [0.25, 0.3) is 0 Å². The van der Waals surface area contributed by atoms with Crippen LogP contribution in [0.25, 0.3) is 0 Å². The number of nitrogens with zero attached hydrogens (tertiary/aromatic N) is 1. The normalized spacial score (nSPS) is 26.6. The van der Waals surface area contributed by atoms with E-state index in [4.69, 9.17) is 0 Å². The van der Waals surface area contributed by atoms with Crippen molar-refractivity contribution in [2.45, 2.75) is 63.5 Å². The average molecular weight is 211 g/mol. The number of hydrogen-bond acceptors (Lipinski definition) is 2. The first-order valence-corrected chi connectivity index (χ1v) is 6.65. The van der Waals surface area contributed by atoms with Crippen molar-refractivity contribution >= 4 is 0 Å². The minimum Gasteiger partial charge on any atom is -0.392 e. The van der Waals surface area contributed by atoms with Crippen molar-refractivity contribution in [1.82, 2.24) is 4.90 Å². The molecule has 2 aliphatic carbocycles. The summed E-state index contributed by atoms with van der Waals surface area (Å²) < 4.78 is 0. The van der Waals surface area contributed by atoms with Crippen molar-refractivity contribution in [1.29, 1.82) is 0 Å². The predicted molar refractivity (Wildman–Crippen MR) is 62.9 cm³/mol. The van der Waals surface area contributed by atoms with E-state index < -0.39 is 0 Å². The molecule has 2 rings (SSSR count). The first-order valence-electron chi connectivity index (χ1n) is 6.65. The van der Waals surface area contributed by atoms with E-state index in [2.05, 4.69) is 11.9 Å². The van der Waals surface area contributed by atoms with Gasteiger partial charge in [-0.1, -0.05) is 25.7 Å². The summed E-state index contributed by atoms with van der Waals surface area (Å²) in [4.78, 5) is 2.41. The maximum absolute atomic E-state index is 9.92. The Balaban J connectivity index is 1.74. The minimum atomic E-state index is -0.0572. The summed E-state index contributed by atoms with van der Waals surface area (Å²) in [6.07, 6.45) is 10.7. The second-order valence-corrected chi connectivity index (χ2v) is 5.49. The molecule has 2 nitrogen and oxygen atoms in total. The van der Waals surface area contributed by atoms with E-state index in [-0.39, 0.29) is 6.10 Å². The Hall–Kier alpha value is -0.0800. The number of rotatable bonds is 4. The zero-order chi connectivity index (χ0) is 10.7. The van der Waals surface area contributed by atoms with Gasteiger partial charge in [-0.15, -0.1) is 0 Å². The first kappa shape index (κ1) is 11.4. The number of likely N-dealkylation sites (N-methyl/N-ethyl adjacent to an activating group) is 1. The summed E-state index contributed by atoms with van der Waals surface area (Å²) in [5.74, 6) is 0.623. The molecule has 0 aromatic rings. The summed E-state index contributed by atoms with van der Waals surface area (Å²) >= 11 is 0. The van der Waals surface area contributed by atoms with Crippen LogP contribution in [0.15, 0.2) is 0 Å². The van der Waals surface area contributed by atoms with Crippen LogP contribution in [0.4, 0.5) is 0 Å². The quantitative estimate of drug-likeness (QED) is 0.722. The SMILES string of the molecule is CN(CC(O)C1CC1)C1CCCCCC1. The summed E-state index contributed by atoms with van der Waals surface area (Å²) in [5.41, 5.74) is 0. The molecule has 0 amide bonds. The lowest BCUT2D eigenvalue weighted by atomic mass is 10.1. The van der Waals surface area contributed by atoms with E-state index in [0.717, 1.165) is 12.6 Å². The van der Waals surface area contributed by atoms with Gasteiger partial charge in [0.05, 0.1) is 6.10 Å². The molecule has 0 saturated heterocycles. The van der Waals surface area contributed by atoms with Crippen LogP contribution >= 0.6 is 0 Å². The van der Waals surface area contributed by atoms with Gasteiger partial charge in [-0.3, -0.25) is 0 Å². The molecule has 1 N–H and O–H groups in total.